The Kier molecular flexibility index (Phi) is 8.16. The van der Waals surface area contributed by atoms with Crippen molar-refractivity contribution in [3.8, 4) is 6.01 Å². The van der Waals surface area contributed by atoms with Crippen LogP contribution < -0.4 is 15.0 Å². The van der Waals surface area contributed by atoms with Crippen molar-refractivity contribution in [2.75, 3.05) is 56.7 Å². The molecule has 2 fully saturated rings. The Morgan fingerprint density at radius 2 is 1.84 bits per heavy atom. The highest BCUT2D eigenvalue weighted by molar-refractivity contribution is 5.88. The molecule has 1 aromatic heterocycles. The molecule has 1 aromatic carbocycles. The van der Waals surface area contributed by atoms with E-state index >= 15 is 0 Å². The van der Waals surface area contributed by atoms with Gasteiger partial charge in [0.2, 0.25) is 0 Å². The van der Waals surface area contributed by atoms with Gasteiger partial charge in [0.1, 0.15) is 17.2 Å². The van der Waals surface area contributed by atoms with Crippen LogP contribution in [0.1, 0.15) is 56.2 Å². The minimum absolute atomic E-state index is 0.252. The Morgan fingerprint density at radius 1 is 1.14 bits per heavy atom. The number of hydrogen-bond acceptors (Lipinski definition) is 9. The fourth-order valence-corrected chi connectivity index (χ4v) is 4.77. The van der Waals surface area contributed by atoms with E-state index in [4.69, 9.17) is 19.6 Å². The van der Waals surface area contributed by atoms with E-state index in [0.29, 0.717) is 38.0 Å². The summed E-state index contributed by atoms with van der Waals surface area (Å²) < 4.78 is 16.4. The quantitative estimate of drug-likeness (QED) is 0.547. The number of carbonyl (C=O) groups excluding carboxylic acids is 1. The van der Waals surface area contributed by atoms with Crippen LogP contribution in [0.25, 0.3) is 0 Å². The van der Waals surface area contributed by atoms with E-state index in [-0.39, 0.29) is 12.1 Å². The van der Waals surface area contributed by atoms with Crippen molar-refractivity contribution >= 4 is 29.6 Å². The molecule has 0 atom stereocenters. The van der Waals surface area contributed by atoms with Gasteiger partial charge in [-0.25, -0.2) is 4.79 Å². The van der Waals surface area contributed by atoms with Crippen LogP contribution in [-0.2, 0) is 9.47 Å². The maximum Gasteiger partial charge on any atom is 0.410 e. The number of rotatable bonds is 6. The van der Waals surface area contributed by atoms with Gasteiger partial charge in [-0.1, -0.05) is 0 Å². The summed E-state index contributed by atoms with van der Waals surface area (Å²) in [4.78, 5) is 25.5. The molecule has 2 aliphatic rings. The summed E-state index contributed by atoms with van der Waals surface area (Å²) in [5.41, 5.74) is 3.43. The molecule has 0 saturated carbocycles. The number of amides is 1. The smallest absolute Gasteiger partial charge is 0.410 e. The van der Waals surface area contributed by atoms with Gasteiger partial charge < -0.3 is 34.7 Å². The van der Waals surface area contributed by atoms with Crippen LogP contribution >= 0.6 is 0 Å². The van der Waals surface area contributed by atoms with Crippen molar-refractivity contribution in [3.63, 3.8) is 0 Å². The average molecular weight is 511 g/mol. The number of carbonyl (C=O) groups is 1. The van der Waals surface area contributed by atoms with E-state index in [1.165, 1.54) is 11.8 Å². The van der Waals surface area contributed by atoms with Crippen molar-refractivity contribution in [2.45, 2.75) is 52.1 Å². The summed E-state index contributed by atoms with van der Waals surface area (Å²) in [6.45, 7) is 11.9. The van der Waals surface area contributed by atoms with Gasteiger partial charge in [-0.2, -0.15) is 9.97 Å². The second kappa shape index (κ2) is 11.3. The molecule has 3 heterocycles. The van der Waals surface area contributed by atoms with E-state index in [1.807, 2.05) is 32.9 Å². The summed E-state index contributed by atoms with van der Waals surface area (Å²) in [6, 6.07) is 6.34. The molecule has 2 aliphatic heterocycles. The lowest BCUT2D eigenvalue weighted by Gasteiger charge is -2.34. The number of ether oxygens (including phenoxy) is 3. The number of hydrogen-bond donors (Lipinski definition) is 2. The van der Waals surface area contributed by atoms with E-state index in [2.05, 4.69) is 33.2 Å². The average Bonchev–Trinajstić information content (AvgIpc) is 2.89. The standard InChI is InChI=1S/C27H38N6O4/c1-18-14-20(17-28)22(15-21(18)19-6-8-33(9-7-19)26(34)37-27(2,3)4)29-23-16-24(31-25(30-23)35-5)32-10-12-36-13-11-32/h14-17,19,28H,6-13H2,1-5H3,(H,29,30,31). The summed E-state index contributed by atoms with van der Waals surface area (Å²) in [6.07, 6.45) is 2.81. The summed E-state index contributed by atoms with van der Waals surface area (Å²) in [7, 11) is 1.55. The van der Waals surface area contributed by atoms with Crippen LogP contribution in [0, 0.1) is 12.3 Å². The van der Waals surface area contributed by atoms with Gasteiger partial charge in [-0.3, -0.25) is 0 Å². The maximum atomic E-state index is 12.5. The minimum Gasteiger partial charge on any atom is -0.467 e. The highest BCUT2D eigenvalue weighted by Gasteiger charge is 2.28. The third-order valence-corrected chi connectivity index (χ3v) is 6.65. The first kappa shape index (κ1) is 26.7. The van der Waals surface area contributed by atoms with Crippen LogP contribution in [0.15, 0.2) is 18.2 Å². The minimum atomic E-state index is -0.501. The molecule has 2 N–H and O–H groups in total. The molecule has 200 valence electrons. The first-order valence-corrected chi connectivity index (χ1v) is 12.8. The number of nitrogens with one attached hydrogen (secondary N) is 2. The molecule has 4 rings (SSSR count). The topological polar surface area (TPSA) is 113 Å². The zero-order chi connectivity index (χ0) is 26.6. The Balaban J connectivity index is 1.54. The van der Waals surface area contributed by atoms with Gasteiger partial charge in [0.25, 0.3) is 0 Å². The van der Waals surface area contributed by atoms with E-state index < -0.39 is 5.60 Å². The Labute approximate surface area is 218 Å². The molecular weight excluding hydrogens is 472 g/mol. The van der Waals surface area contributed by atoms with E-state index in [1.54, 1.807) is 12.0 Å². The molecule has 0 bridgehead atoms. The predicted octanol–water partition coefficient (Wildman–Crippen LogP) is 4.49. The molecule has 0 radical (unpaired) electrons. The lowest BCUT2D eigenvalue weighted by molar-refractivity contribution is 0.0204. The first-order valence-electron chi connectivity index (χ1n) is 12.8. The number of nitrogens with zero attached hydrogens (tertiary/aromatic N) is 4. The molecule has 0 unspecified atom stereocenters. The molecular formula is C27H38N6O4. The predicted molar refractivity (Wildman–Crippen MR) is 144 cm³/mol. The van der Waals surface area contributed by atoms with Crippen molar-refractivity contribution in [1.82, 2.24) is 14.9 Å². The molecule has 0 aliphatic carbocycles. The van der Waals surface area contributed by atoms with E-state index in [9.17, 15) is 4.79 Å². The lowest BCUT2D eigenvalue weighted by Crippen LogP contribution is -2.41. The number of anilines is 3. The molecule has 0 spiro atoms. The van der Waals surface area contributed by atoms with Crippen molar-refractivity contribution in [1.29, 1.82) is 5.41 Å². The zero-order valence-corrected chi connectivity index (χ0v) is 22.5. The van der Waals surface area contributed by atoms with Gasteiger partial charge in [-0.15, -0.1) is 0 Å². The largest absolute Gasteiger partial charge is 0.467 e. The van der Waals surface area contributed by atoms with Crippen molar-refractivity contribution < 1.29 is 19.0 Å². The van der Waals surface area contributed by atoms with Gasteiger partial charge in [0.15, 0.2) is 0 Å². The highest BCUT2D eigenvalue weighted by atomic mass is 16.6. The number of morpholine rings is 1. The van der Waals surface area contributed by atoms with Crippen LogP contribution in [0.5, 0.6) is 6.01 Å². The number of benzene rings is 1. The van der Waals surface area contributed by atoms with Gasteiger partial charge in [-0.05, 0) is 69.7 Å². The number of likely N-dealkylation sites (tertiary alicyclic amines) is 1. The zero-order valence-electron chi connectivity index (χ0n) is 22.5. The second-order valence-electron chi connectivity index (χ2n) is 10.5. The third kappa shape index (κ3) is 6.68. The molecule has 10 heteroatoms. The maximum absolute atomic E-state index is 12.5. The fraction of sp³-hybridized carbons (Fsp3) is 0.556. The Hall–Kier alpha value is -3.40. The van der Waals surface area contributed by atoms with Crippen LogP contribution in [0.4, 0.5) is 22.1 Å². The van der Waals surface area contributed by atoms with Crippen molar-refractivity contribution in [2.24, 2.45) is 0 Å². The van der Waals surface area contributed by atoms with Gasteiger partial charge in [0, 0.05) is 49.7 Å². The highest BCUT2D eigenvalue weighted by Crippen LogP contribution is 2.35. The molecule has 37 heavy (non-hydrogen) atoms. The van der Waals surface area contributed by atoms with Crippen molar-refractivity contribution in [3.05, 3.63) is 34.9 Å². The van der Waals surface area contributed by atoms with Crippen LogP contribution in [0.3, 0.4) is 0 Å². The van der Waals surface area contributed by atoms with Crippen LogP contribution in [-0.4, -0.2) is 79.3 Å². The Morgan fingerprint density at radius 3 is 2.46 bits per heavy atom. The monoisotopic (exact) mass is 510 g/mol. The van der Waals surface area contributed by atoms with E-state index in [0.717, 1.165) is 48.6 Å². The molecule has 2 aromatic rings. The number of aromatic nitrogens is 2. The Bertz CT molecular complexity index is 1120. The first-order chi connectivity index (χ1) is 17.7. The molecule has 10 nitrogen and oxygen atoms in total. The third-order valence-electron chi connectivity index (χ3n) is 6.65. The van der Waals surface area contributed by atoms with Crippen LogP contribution in [0.2, 0.25) is 0 Å². The molecule has 2 saturated heterocycles. The van der Waals surface area contributed by atoms with Gasteiger partial charge >= 0.3 is 12.1 Å². The number of piperidine rings is 1. The fourth-order valence-electron chi connectivity index (χ4n) is 4.77. The summed E-state index contributed by atoms with van der Waals surface area (Å²) in [5.74, 6) is 1.68. The number of aryl methyl sites for hydroxylation is 1. The molecule has 1 amide bonds. The summed E-state index contributed by atoms with van der Waals surface area (Å²) >= 11 is 0. The SMILES string of the molecule is COc1nc(Nc2cc(C3CCN(C(=O)OC(C)(C)C)CC3)c(C)cc2C=N)cc(N2CCOCC2)n1. The lowest BCUT2D eigenvalue weighted by atomic mass is 9.85. The summed E-state index contributed by atoms with van der Waals surface area (Å²) in [5, 5.41) is 11.4. The van der Waals surface area contributed by atoms with Gasteiger partial charge in [0.05, 0.1) is 20.3 Å². The second-order valence-corrected chi connectivity index (χ2v) is 10.5. The number of methoxy groups -OCH3 is 1. The normalized spacial score (nSPS) is 16.9.